The Bertz CT molecular complexity index is 592. The fourth-order valence-corrected chi connectivity index (χ4v) is 2.80. The van der Waals surface area contributed by atoms with Crippen LogP contribution in [-0.4, -0.2) is 11.0 Å². The molecule has 3 N–H and O–H groups in total. The van der Waals surface area contributed by atoms with Crippen LogP contribution in [0.15, 0.2) is 24.4 Å². The summed E-state index contributed by atoms with van der Waals surface area (Å²) in [5.74, 6) is 0. The van der Waals surface area contributed by atoms with Crippen LogP contribution in [0.25, 0.3) is 10.8 Å². The van der Waals surface area contributed by atoms with Gasteiger partial charge in [0.1, 0.15) is 0 Å². The van der Waals surface area contributed by atoms with Gasteiger partial charge in [0.2, 0.25) is 0 Å². The van der Waals surface area contributed by atoms with E-state index in [-0.39, 0.29) is 0 Å². The molecule has 0 amide bonds. The molecule has 21 heavy (non-hydrogen) atoms. The number of unbranched alkanes of at least 4 members (excludes halogenated alkanes) is 1. The summed E-state index contributed by atoms with van der Waals surface area (Å²) in [5, 5.41) is 5.95. The van der Waals surface area contributed by atoms with Crippen molar-refractivity contribution in [3.05, 3.63) is 30.1 Å². The van der Waals surface area contributed by atoms with Crippen molar-refractivity contribution < 1.29 is 0 Å². The van der Waals surface area contributed by atoms with Crippen LogP contribution >= 0.6 is 0 Å². The molecule has 0 spiro atoms. The summed E-state index contributed by atoms with van der Waals surface area (Å²) < 4.78 is 0. The van der Waals surface area contributed by atoms with Crippen molar-refractivity contribution in [1.82, 2.24) is 4.98 Å². The molecular formula is C18H27N3. The first-order chi connectivity index (χ1) is 10.2. The molecule has 1 atom stereocenters. The zero-order valence-corrected chi connectivity index (χ0v) is 13.4. The Morgan fingerprint density at radius 1 is 1.14 bits per heavy atom. The average Bonchev–Trinajstić information content (AvgIpc) is 2.47. The number of aryl methyl sites for hydroxylation is 1. The van der Waals surface area contributed by atoms with E-state index in [2.05, 4.69) is 36.3 Å². The van der Waals surface area contributed by atoms with Crippen LogP contribution in [-0.2, 0) is 0 Å². The van der Waals surface area contributed by atoms with Crippen molar-refractivity contribution in [2.24, 2.45) is 0 Å². The second kappa shape index (κ2) is 7.30. The summed E-state index contributed by atoms with van der Waals surface area (Å²) in [5.41, 5.74) is 9.08. The van der Waals surface area contributed by atoms with Gasteiger partial charge in [0.05, 0.1) is 0 Å². The molecular weight excluding hydrogens is 258 g/mol. The van der Waals surface area contributed by atoms with E-state index in [1.54, 1.807) is 0 Å². The largest absolute Gasteiger partial charge is 0.398 e. The van der Waals surface area contributed by atoms with Gasteiger partial charge in [-0.25, -0.2) is 0 Å². The third-order valence-electron chi connectivity index (χ3n) is 3.97. The minimum atomic E-state index is 0.537. The van der Waals surface area contributed by atoms with Crippen molar-refractivity contribution in [3.63, 3.8) is 0 Å². The molecule has 3 heteroatoms. The molecule has 0 radical (unpaired) electrons. The lowest BCUT2D eigenvalue weighted by Gasteiger charge is -2.21. The Hall–Kier alpha value is -1.77. The molecule has 2 rings (SSSR count). The molecule has 1 aromatic heterocycles. The first kappa shape index (κ1) is 15.6. The number of nitrogens with two attached hydrogens (primary N) is 1. The van der Waals surface area contributed by atoms with E-state index in [0.717, 1.165) is 16.8 Å². The second-order valence-electron chi connectivity index (χ2n) is 5.85. The zero-order valence-electron chi connectivity index (χ0n) is 13.4. The number of nitrogens with one attached hydrogen (secondary N) is 1. The van der Waals surface area contributed by atoms with Crippen LogP contribution in [0.4, 0.5) is 11.4 Å². The zero-order chi connectivity index (χ0) is 15.2. The second-order valence-corrected chi connectivity index (χ2v) is 5.85. The molecule has 1 unspecified atom stereocenters. The highest BCUT2D eigenvalue weighted by molar-refractivity contribution is 6.00. The van der Waals surface area contributed by atoms with Crippen molar-refractivity contribution in [2.45, 2.75) is 58.9 Å². The average molecular weight is 285 g/mol. The molecule has 1 aromatic carbocycles. The highest BCUT2D eigenvalue weighted by Crippen LogP contribution is 2.29. The van der Waals surface area contributed by atoms with Gasteiger partial charge in [-0.15, -0.1) is 0 Å². The van der Waals surface area contributed by atoms with Gasteiger partial charge in [-0.1, -0.05) is 33.1 Å². The molecule has 0 aliphatic carbocycles. The normalized spacial score (nSPS) is 12.5. The molecule has 0 saturated carbocycles. The standard InChI is InChI=1S/C18H27N3/c1-4-6-8-14(7-5-2)21-18-10-9-17(19)16-12-20-13(3)11-15(16)18/h9-12,14,21H,4-8,19H2,1-3H3. The first-order valence-corrected chi connectivity index (χ1v) is 8.07. The number of hydrogen-bond acceptors (Lipinski definition) is 3. The molecule has 1 heterocycles. The number of aromatic nitrogens is 1. The van der Waals surface area contributed by atoms with Gasteiger partial charge in [-0.3, -0.25) is 4.98 Å². The number of benzene rings is 1. The smallest absolute Gasteiger partial charge is 0.0424 e. The van der Waals surface area contributed by atoms with Crippen LogP contribution < -0.4 is 11.1 Å². The van der Waals surface area contributed by atoms with Crippen LogP contribution in [0.2, 0.25) is 0 Å². The van der Waals surface area contributed by atoms with E-state index in [1.807, 2.05) is 19.2 Å². The third kappa shape index (κ3) is 3.87. The molecule has 0 bridgehead atoms. The maximum absolute atomic E-state index is 6.08. The van der Waals surface area contributed by atoms with E-state index in [0.29, 0.717) is 6.04 Å². The van der Waals surface area contributed by atoms with Crippen molar-refractivity contribution >= 4 is 22.1 Å². The van der Waals surface area contributed by atoms with Gasteiger partial charge in [0.25, 0.3) is 0 Å². The van der Waals surface area contributed by atoms with Gasteiger partial charge in [0, 0.05) is 40.1 Å². The number of anilines is 2. The highest BCUT2D eigenvalue weighted by Gasteiger charge is 2.11. The van der Waals surface area contributed by atoms with E-state index < -0.39 is 0 Å². The van der Waals surface area contributed by atoms with Crippen LogP contribution in [0.5, 0.6) is 0 Å². The summed E-state index contributed by atoms with van der Waals surface area (Å²) >= 11 is 0. The summed E-state index contributed by atoms with van der Waals surface area (Å²) in [4.78, 5) is 4.37. The fourth-order valence-electron chi connectivity index (χ4n) is 2.80. The maximum Gasteiger partial charge on any atom is 0.0424 e. The lowest BCUT2D eigenvalue weighted by molar-refractivity contribution is 0.565. The van der Waals surface area contributed by atoms with E-state index in [1.165, 1.54) is 43.2 Å². The number of hydrogen-bond donors (Lipinski definition) is 2. The molecule has 2 aromatic rings. The Morgan fingerprint density at radius 3 is 2.67 bits per heavy atom. The van der Waals surface area contributed by atoms with Gasteiger partial charge in [-0.2, -0.15) is 0 Å². The highest BCUT2D eigenvalue weighted by atomic mass is 14.9. The predicted octanol–water partition coefficient (Wildman–Crippen LogP) is 4.90. The Labute approximate surface area is 128 Å². The Kier molecular flexibility index (Phi) is 5.43. The number of nitrogen functional groups attached to an aromatic ring is 1. The van der Waals surface area contributed by atoms with Gasteiger partial charge in [-0.05, 0) is 38.0 Å². The van der Waals surface area contributed by atoms with E-state index in [4.69, 9.17) is 5.73 Å². The number of rotatable bonds is 7. The van der Waals surface area contributed by atoms with Gasteiger partial charge >= 0.3 is 0 Å². The molecule has 0 aliphatic rings. The minimum absolute atomic E-state index is 0.537. The summed E-state index contributed by atoms with van der Waals surface area (Å²) in [6, 6.07) is 6.74. The first-order valence-electron chi connectivity index (χ1n) is 8.07. The minimum Gasteiger partial charge on any atom is -0.398 e. The Balaban J connectivity index is 2.31. The van der Waals surface area contributed by atoms with Gasteiger partial charge < -0.3 is 11.1 Å². The molecule has 0 saturated heterocycles. The van der Waals surface area contributed by atoms with Crippen LogP contribution in [0, 0.1) is 6.92 Å². The van der Waals surface area contributed by atoms with Crippen molar-refractivity contribution in [2.75, 3.05) is 11.1 Å². The lowest BCUT2D eigenvalue weighted by Crippen LogP contribution is -2.19. The van der Waals surface area contributed by atoms with Crippen LogP contribution in [0.3, 0.4) is 0 Å². The quantitative estimate of drug-likeness (QED) is 0.712. The van der Waals surface area contributed by atoms with Gasteiger partial charge in [0.15, 0.2) is 0 Å². The summed E-state index contributed by atoms with van der Waals surface area (Å²) in [7, 11) is 0. The molecule has 3 nitrogen and oxygen atoms in total. The number of pyridine rings is 1. The fraction of sp³-hybridized carbons (Fsp3) is 0.500. The summed E-state index contributed by atoms with van der Waals surface area (Å²) in [6.45, 7) is 6.51. The van der Waals surface area contributed by atoms with E-state index in [9.17, 15) is 0 Å². The number of nitrogens with zero attached hydrogens (tertiary/aromatic N) is 1. The maximum atomic E-state index is 6.08. The number of fused-ring (bicyclic) bond motifs is 1. The lowest BCUT2D eigenvalue weighted by atomic mass is 10.0. The molecule has 0 fully saturated rings. The molecule has 114 valence electrons. The van der Waals surface area contributed by atoms with Crippen molar-refractivity contribution in [3.8, 4) is 0 Å². The van der Waals surface area contributed by atoms with Crippen LogP contribution in [0.1, 0.15) is 51.6 Å². The topological polar surface area (TPSA) is 50.9 Å². The Morgan fingerprint density at radius 2 is 1.95 bits per heavy atom. The SMILES string of the molecule is CCCCC(CCC)Nc1ccc(N)c2cnc(C)cc12. The summed E-state index contributed by atoms with van der Waals surface area (Å²) in [6.07, 6.45) is 8.02. The predicted molar refractivity (Wildman–Crippen MR) is 92.7 cm³/mol. The van der Waals surface area contributed by atoms with E-state index >= 15 is 0 Å². The third-order valence-corrected chi connectivity index (χ3v) is 3.97. The molecule has 0 aliphatic heterocycles. The monoisotopic (exact) mass is 285 g/mol. The van der Waals surface area contributed by atoms with Crippen molar-refractivity contribution in [1.29, 1.82) is 0 Å².